The molecule has 0 radical (unpaired) electrons. The first-order chi connectivity index (χ1) is 11.4. The second-order valence-electron chi connectivity index (χ2n) is 7.10. The van der Waals surface area contributed by atoms with Crippen molar-refractivity contribution in [3.8, 4) is 11.4 Å². The van der Waals surface area contributed by atoms with Gasteiger partial charge in [-0.3, -0.25) is 0 Å². The van der Waals surface area contributed by atoms with E-state index in [1.165, 1.54) is 57.2 Å². The van der Waals surface area contributed by atoms with Crippen molar-refractivity contribution in [1.29, 1.82) is 0 Å². The lowest BCUT2D eigenvalue weighted by atomic mass is 9.81. The fourth-order valence-corrected chi connectivity index (χ4v) is 4.56. The average molecular weight is 309 g/mol. The molecule has 2 aromatic rings. The number of imidazole rings is 1. The monoisotopic (exact) mass is 309 g/mol. The molecule has 0 amide bonds. The first-order valence-corrected chi connectivity index (χ1v) is 9.22. The number of hydrogen-bond donors (Lipinski definition) is 0. The number of fused-ring (bicyclic) bond motifs is 1. The van der Waals surface area contributed by atoms with Crippen LogP contribution < -0.4 is 0 Å². The van der Waals surface area contributed by atoms with Crippen LogP contribution >= 0.6 is 0 Å². The van der Waals surface area contributed by atoms with Gasteiger partial charge in [-0.1, -0.05) is 36.8 Å². The molecule has 2 saturated heterocycles. The molecule has 0 aliphatic carbocycles. The predicted octanol–water partition coefficient (Wildman–Crippen LogP) is 4.20. The molecule has 2 aliphatic heterocycles. The van der Waals surface area contributed by atoms with Crippen LogP contribution in [0.3, 0.4) is 0 Å². The molecule has 2 fully saturated rings. The Morgan fingerprint density at radius 2 is 1.87 bits per heavy atom. The highest BCUT2D eigenvalue weighted by molar-refractivity contribution is 5.55. The Balaban J connectivity index is 1.44. The SMILES string of the molecule is c1ccc(-c2nccn2CC[C@@H]2CCCN3CCCC[C@H]23)cc1. The largest absolute Gasteiger partial charge is 0.331 e. The smallest absolute Gasteiger partial charge is 0.139 e. The van der Waals surface area contributed by atoms with Crippen LogP contribution in [-0.4, -0.2) is 33.6 Å². The van der Waals surface area contributed by atoms with Gasteiger partial charge in [0.25, 0.3) is 0 Å². The highest BCUT2D eigenvalue weighted by Crippen LogP contribution is 2.33. The van der Waals surface area contributed by atoms with Gasteiger partial charge in [0.2, 0.25) is 0 Å². The number of rotatable bonds is 4. The molecule has 0 bridgehead atoms. The predicted molar refractivity (Wildman–Crippen MR) is 94.2 cm³/mol. The van der Waals surface area contributed by atoms with Gasteiger partial charge in [-0.25, -0.2) is 4.98 Å². The van der Waals surface area contributed by atoms with Crippen molar-refractivity contribution in [1.82, 2.24) is 14.5 Å². The van der Waals surface area contributed by atoms with Gasteiger partial charge in [-0.05, 0) is 51.1 Å². The summed E-state index contributed by atoms with van der Waals surface area (Å²) in [5, 5.41) is 0. The van der Waals surface area contributed by atoms with E-state index in [0.29, 0.717) is 0 Å². The molecule has 0 saturated carbocycles. The summed E-state index contributed by atoms with van der Waals surface area (Å²) < 4.78 is 2.34. The third-order valence-electron chi connectivity index (χ3n) is 5.72. The Morgan fingerprint density at radius 1 is 1.00 bits per heavy atom. The summed E-state index contributed by atoms with van der Waals surface area (Å²) in [5.74, 6) is 1.98. The third-order valence-corrected chi connectivity index (χ3v) is 5.72. The quantitative estimate of drug-likeness (QED) is 0.844. The maximum absolute atomic E-state index is 4.58. The second-order valence-corrected chi connectivity index (χ2v) is 7.10. The van der Waals surface area contributed by atoms with Crippen LogP contribution in [0.15, 0.2) is 42.7 Å². The zero-order valence-corrected chi connectivity index (χ0v) is 13.9. The van der Waals surface area contributed by atoms with E-state index in [1.807, 2.05) is 6.20 Å². The van der Waals surface area contributed by atoms with E-state index in [9.17, 15) is 0 Å². The van der Waals surface area contributed by atoms with E-state index in [-0.39, 0.29) is 0 Å². The summed E-state index contributed by atoms with van der Waals surface area (Å²) in [4.78, 5) is 7.35. The van der Waals surface area contributed by atoms with Gasteiger partial charge in [0.1, 0.15) is 5.82 Å². The number of nitrogens with zero attached hydrogens (tertiary/aromatic N) is 3. The molecule has 0 N–H and O–H groups in total. The fourth-order valence-electron chi connectivity index (χ4n) is 4.56. The molecule has 1 aromatic carbocycles. The lowest BCUT2D eigenvalue weighted by Gasteiger charge is -2.44. The topological polar surface area (TPSA) is 21.1 Å². The molecule has 0 spiro atoms. The first-order valence-electron chi connectivity index (χ1n) is 9.22. The van der Waals surface area contributed by atoms with Gasteiger partial charge in [-0.2, -0.15) is 0 Å². The average Bonchev–Trinajstić information content (AvgIpc) is 3.09. The van der Waals surface area contributed by atoms with E-state index in [4.69, 9.17) is 0 Å². The van der Waals surface area contributed by atoms with Crippen molar-refractivity contribution in [2.24, 2.45) is 5.92 Å². The van der Waals surface area contributed by atoms with Crippen LogP contribution in [-0.2, 0) is 6.54 Å². The Bertz CT molecular complexity index is 617. The third kappa shape index (κ3) is 3.20. The van der Waals surface area contributed by atoms with Crippen LogP contribution in [0.4, 0.5) is 0 Å². The lowest BCUT2D eigenvalue weighted by Crippen LogP contribution is -2.48. The Hall–Kier alpha value is -1.61. The van der Waals surface area contributed by atoms with Gasteiger partial charge in [0, 0.05) is 30.5 Å². The van der Waals surface area contributed by atoms with Crippen molar-refractivity contribution in [3.63, 3.8) is 0 Å². The maximum atomic E-state index is 4.58. The molecular formula is C20H27N3. The van der Waals surface area contributed by atoms with Crippen LogP contribution in [0, 0.1) is 5.92 Å². The van der Waals surface area contributed by atoms with Gasteiger partial charge in [-0.15, -0.1) is 0 Å². The van der Waals surface area contributed by atoms with Gasteiger partial charge in [0.05, 0.1) is 0 Å². The summed E-state index contributed by atoms with van der Waals surface area (Å²) in [6.45, 7) is 3.77. The summed E-state index contributed by atoms with van der Waals surface area (Å²) in [5.41, 5.74) is 1.22. The van der Waals surface area contributed by atoms with Crippen molar-refractivity contribution >= 4 is 0 Å². The molecule has 2 atom stereocenters. The number of benzene rings is 1. The fraction of sp³-hybridized carbons (Fsp3) is 0.550. The van der Waals surface area contributed by atoms with E-state index in [2.05, 4.69) is 51.0 Å². The Kier molecular flexibility index (Phi) is 4.47. The number of piperidine rings is 2. The minimum Gasteiger partial charge on any atom is -0.331 e. The van der Waals surface area contributed by atoms with Crippen molar-refractivity contribution < 1.29 is 0 Å². The highest BCUT2D eigenvalue weighted by atomic mass is 15.2. The molecule has 0 unspecified atom stereocenters. The molecule has 3 nitrogen and oxygen atoms in total. The highest BCUT2D eigenvalue weighted by Gasteiger charge is 2.32. The molecule has 1 aromatic heterocycles. The van der Waals surface area contributed by atoms with Gasteiger partial charge in [0.15, 0.2) is 0 Å². The number of hydrogen-bond acceptors (Lipinski definition) is 2. The lowest BCUT2D eigenvalue weighted by molar-refractivity contribution is 0.0539. The molecule has 122 valence electrons. The zero-order chi connectivity index (χ0) is 15.5. The second kappa shape index (κ2) is 6.88. The van der Waals surface area contributed by atoms with Crippen molar-refractivity contribution in [2.75, 3.05) is 13.1 Å². The number of aryl methyl sites for hydroxylation is 1. The van der Waals surface area contributed by atoms with Crippen LogP contribution in [0.2, 0.25) is 0 Å². The maximum Gasteiger partial charge on any atom is 0.139 e. The van der Waals surface area contributed by atoms with E-state index in [1.54, 1.807) is 0 Å². The molecule has 23 heavy (non-hydrogen) atoms. The minimum absolute atomic E-state index is 0.848. The van der Waals surface area contributed by atoms with E-state index >= 15 is 0 Å². The van der Waals surface area contributed by atoms with Crippen LogP contribution in [0.5, 0.6) is 0 Å². The summed E-state index contributed by atoms with van der Waals surface area (Å²) >= 11 is 0. The number of aromatic nitrogens is 2. The standard InChI is InChI=1S/C20H27N3/c1-2-7-18(8-3-1)20-21-12-16-23(20)15-11-17-9-6-14-22-13-5-4-10-19(17)22/h1-3,7-8,12,16-17,19H,4-6,9-11,13-15H2/t17-,19+/m0/s1. The van der Waals surface area contributed by atoms with Gasteiger partial charge >= 0.3 is 0 Å². The van der Waals surface area contributed by atoms with Crippen molar-refractivity contribution in [2.45, 2.75) is 51.1 Å². The first kappa shape index (κ1) is 14.9. The van der Waals surface area contributed by atoms with Crippen LogP contribution in [0.1, 0.15) is 38.5 Å². The normalized spacial score (nSPS) is 25.2. The molecule has 4 rings (SSSR count). The van der Waals surface area contributed by atoms with E-state index < -0.39 is 0 Å². The van der Waals surface area contributed by atoms with E-state index in [0.717, 1.165) is 24.3 Å². The molecule has 3 heteroatoms. The van der Waals surface area contributed by atoms with Crippen LogP contribution in [0.25, 0.3) is 11.4 Å². The molecular weight excluding hydrogens is 282 g/mol. The van der Waals surface area contributed by atoms with Gasteiger partial charge < -0.3 is 9.47 Å². The molecule has 3 heterocycles. The molecule has 2 aliphatic rings. The minimum atomic E-state index is 0.848. The Labute approximate surface area is 139 Å². The summed E-state index contributed by atoms with van der Waals surface area (Å²) in [7, 11) is 0. The summed E-state index contributed by atoms with van der Waals surface area (Å²) in [6, 6.07) is 11.4. The zero-order valence-electron chi connectivity index (χ0n) is 13.9. The van der Waals surface area contributed by atoms with Crippen molar-refractivity contribution in [3.05, 3.63) is 42.7 Å². The Morgan fingerprint density at radius 3 is 2.78 bits per heavy atom. The summed E-state index contributed by atoms with van der Waals surface area (Å²) in [6.07, 6.45) is 12.4.